The third-order valence-electron chi connectivity index (χ3n) is 9.32. The Balaban J connectivity index is 1.38. The Hall–Kier alpha value is -2.31. The van der Waals surface area contributed by atoms with Crippen LogP contribution < -0.4 is 0 Å². The van der Waals surface area contributed by atoms with Gasteiger partial charge in [-0.05, 0) is 51.0 Å². The van der Waals surface area contributed by atoms with Crippen LogP contribution in [0.25, 0.3) is 0 Å². The first-order valence-electron chi connectivity index (χ1n) is 13.3. The average Bonchev–Trinajstić information content (AvgIpc) is 3.21. The lowest BCUT2D eigenvalue weighted by Gasteiger charge is -2.56. The predicted octanol–water partition coefficient (Wildman–Crippen LogP) is 4.60. The van der Waals surface area contributed by atoms with E-state index >= 15 is 0 Å². The molecule has 6 heteroatoms. The third-order valence-corrected chi connectivity index (χ3v) is 9.32. The molecule has 1 spiro atoms. The van der Waals surface area contributed by atoms with Crippen LogP contribution in [-0.4, -0.2) is 47.3 Å². The fourth-order valence-corrected chi connectivity index (χ4v) is 7.68. The zero-order chi connectivity index (χ0) is 24.5. The van der Waals surface area contributed by atoms with Crippen LogP contribution in [0.1, 0.15) is 52.9 Å². The molecule has 0 unspecified atom stereocenters. The van der Waals surface area contributed by atoms with Crippen LogP contribution in [0.4, 0.5) is 0 Å². The van der Waals surface area contributed by atoms with E-state index in [1.807, 2.05) is 0 Å². The smallest absolute Gasteiger partial charge is 0.343 e. The van der Waals surface area contributed by atoms with Crippen molar-refractivity contribution in [3.05, 3.63) is 59.0 Å². The van der Waals surface area contributed by atoms with Crippen LogP contribution in [0, 0.1) is 29.6 Å². The van der Waals surface area contributed by atoms with Crippen molar-refractivity contribution in [3.8, 4) is 0 Å². The van der Waals surface area contributed by atoms with Crippen molar-refractivity contribution >= 4 is 5.97 Å². The molecule has 2 fully saturated rings. The number of rotatable bonds is 3. The lowest BCUT2D eigenvalue weighted by molar-refractivity contribution is -0.133. The maximum Gasteiger partial charge on any atom is 0.343 e. The maximum atomic E-state index is 12.3. The number of piperidine rings is 1. The highest BCUT2D eigenvalue weighted by Gasteiger charge is 2.59. The van der Waals surface area contributed by atoms with Gasteiger partial charge in [-0.1, -0.05) is 38.2 Å². The summed E-state index contributed by atoms with van der Waals surface area (Å²) in [4.78, 5) is 14.9. The number of allylic oxidation sites excluding steroid dienone is 2. The normalized spacial score (nSPS) is 43.3. The van der Waals surface area contributed by atoms with Crippen molar-refractivity contribution in [3.63, 3.8) is 0 Å². The molecule has 8 atom stereocenters. The summed E-state index contributed by atoms with van der Waals surface area (Å²) in [7, 11) is 1.57. The number of methoxy groups -OCH3 is 1. The molecule has 7 rings (SSSR count). The SMILES string of the molecule is COC1=C(C)C(=O)O/C1=C1/OC2=C[C@@H]3C=C[C@]4(CCC[C@@H]([C@@H](O)[C@H]5C=CC[C@@H](C)C5)N4C3)[C@H]2[C@@H]1C. The Kier molecular flexibility index (Phi) is 5.53. The van der Waals surface area contributed by atoms with Gasteiger partial charge in [0.15, 0.2) is 11.5 Å². The number of carbonyl (C=O) groups is 1. The molecule has 2 aliphatic carbocycles. The second-order valence-corrected chi connectivity index (χ2v) is 11.5. The van der Waals surface area contributed by atoms with Crippen molar-refractivity contribution in [2.24, 2.45) is 29.6 Å². The molecule has 0 saturated carbocycles. The first-order valence-corrected chi connectivity index (χ1v) is 13.3. The van der Waals surface area contributed by atoms with E-state index in [-0.39, 0.29) is 47.3 Å². The number of aliphatic hydroxyl groups excluding tert-OH is 1. The van der Waals surface area contributed by atoms with Crippen molar-refractivity contribution in [1.29, 1.82) is 0 Å². The molecule has 0 amide bonds. The molecular formula is C29H37NO5. The topological polar surface area (TPSA) is 68.2 Å². The molecule has 0 aromatic heterocycles. The fourth-order valence-electron chi connectivity index (χ4n) is 7.68. The van der Waals surface area contributed by atoms with E-state index in [2.05, 4.69) is 49.1 Å². The number of carbonyl (C=O) groups excluding carboxylic acids is 1. The van der Waals surface area contributed by atoms with Crippen molar-refractivity contribution in [2.45, 2.75) is 70.6 Å². The maximum absolute atomic E-state index is 12.3. The minimum absolute atomic E-state index is 0.00888. The van der Waals surface area contributed by atoms with Crippen LogP contribution in [0.15, 0.2) is 59.0 Å². The van der Waals surface area contributed by atoms with Gasteiger partial charge >= 0.3 is 5.97 Å². The number of esters is 1. The molecule has 2 bridgehead atoms. The van der Waals surface area contributed by atoms with Crippen molar-refractivity contribution in [2.75, 3.05) is 13.7 Å². The Morgan fingerprint density at radius 2 is 2.09 bits per heavy atom. The van der Waals surface area contributed by atoms with Crippen LogP contribution in [0.5, 0.6) is 0 Å². The van der Waals surface area contributed by atoms with Crippen molar-refractivity contribution in [1.82, 2.24) is 4.90 Å². The van der Waals surface area contributed by atoms with Crippen LogP contribution in [0.2, 0.25) is 0 Å². The number of hydrogen-bond donors (Lipinski definition) is 1. The number of nitrogens with zero attached hydrogens (tertiary/aromatic N) is 1. The van der Waals surface area contributed by atoms with E-state index in [1.54, 1.807) is 14.0 Å². The number of hydrogen-bond acceptors (Lipinski definition) is 6. The van der Waals surface area contributed by atoms with Gasteiger partial charge in [0.05, 0.1) is 24.3 Å². The Morgan fingerprint density at radius 3 is 2.86 bits per heavy atom. The highest BCUT2D eigenvalue weighted by Crippen LogP contribution is 2.57. The van der Waals surface area contributed by atoms with Gasteiger partial charge in [-0.15, -0.1) is 0 Å². The zero-order valence-corrected chi connectivity index (χ0v) is 21.2. The van der Waals surface area contributed by atoms with Crippen LogP contribution >= 0.6 is 0 Å². The van der Waals surface area contributed by atoms with E-state index in [4.69, 9.17) is 14.2 Å². The lowest BCUT2D eigenvalue weighted by Crippen LogP contribution is -2.65. The van der Waals surface area contributed by atoms with Crippen molar-refractivity contribution < 1.29 is 24.1 Å². The molecule has 2 saturated heterocycles. The minimum Gasteiger partial charge on any atom is -0.492 e. The van der Waals surface area contributed by atoms with Gasteiger partial charge in [0.25, 0.3) is 0 Å². The first-order chi connectivity index (χ1) is 16.8. The molecule has 35 heavy (non-hydrogen) atoms. The summed E-state index contributed by atoms with van der Waals surface area (Å²) in [6, 6.07) is 0.119. The third kappa shape index (κ3) is 3.40. The molecule has 0 aromatic rings. The van der Waals surface area contributed by atoms with E-state index in [0.717, 1.165) is 44.4 Å². The summed E-state index contributed by atoms with van der Waals surface area (Å²) in [6.45, 7) is 7.09. The second-order valence-electron chi connectivity index (χ2n) is 11.5. The zero-order valence-electron chi connectivity index (χ0n) is 21.2. The first kappa shape index (κ1) is 23.1. The summed E-state index contributed by atoms with van der Waals surface area (Å²) in [6.07, 6.45) is 16.4. The lowest BCUT2D eigenvalue weighted by atomic mass is 9.67. The predicted molar refractivity (Wildman–Crippen MR) is 131 cm³/mol. The van der Waals surface area contributed by atoms with Gasteiger partial charge in [-0.25, -0.2) is 4.79 Å². The monoisotopic (exact) mass is 479 g/mol. The molecule has 0 aromatic carbocycles. The van der Waals surface area contributed by atoms with E-state index < -0.39 is 0 Å². The molecule has 1 N–H and O–H groups in total. The van der Waals surface area contributed by atoms with Gasteiger partial charge < -0.3 is 19.3 Å². The molecule has 6 nitrogen and oxygen atoms in total. The Bertz CT molecular complexity index is 1080. The van der Waals surface area contributed by atoms with Gasteiger partial charge in [-0.2, -0.15) is 0 Å². The number of ether oxygens (including phenoxy) is 3. The summed E-state index contributed by atoms with van der Waals surface area (Å²) in [5.41, 5.74) is 0.256. The van der Waals surface area contributed by atoms with Gasteiger partial charge in [0, 0.05) is 36.3 Å². The number of cyclic esters (lactones) is 1. The van der Waals surface area contributed by atoms with Gasteiger partial charge in [-0.3, -0.25) is 4.90 Å². The Morgan fingerprint density at radius 1 is 1.26 bits per heavy atom. The summed E-state index contributed by atoms with van der Waals surface area (Å²) < 4.78 is 17.7. The van der Waals surface area contributed by atoms with E-state index in [0.29, 0.717) is 28.8 Å². The average molecular weight is 480 g/mol. The largest absolute Gasteiger partial charge is 0.492 e. The molecule has 188 valence electrons. The molecule has 7 aliphatic rings. The van der Waals surface area contributed by atoms with Gasteiger partial charge in [0.2, 0.25) is 5.76 Å². The van der Waals surface area contributed by atoms with Crippen LogP contribution in [-0.2, 0) is 19.0 Å². The molecule has 5 aliphatic heterocycles. The van der Waals surface area contributed by atoms with Gasteiger partial charge in [0.1, 0.15) is 5.76 Å². The van der Waals surface area contributed by atoms with Crippen LogP contribution in [0.3, 0.4) is 0 Å². The summed E-state index contributed by atoms with van der Waals surface area (Å²) in [5, 5.41) is 11.7. The highest BCUT2D eigenvalue weighted by atomic mass is 16.6. The minimum atomic E-state index is -0.377. The Labute approximate surface area is 208 Å². The van der Waals surface area contributed by atoms with E-state index in [1.165, 1.54) is 0 Å². The molecule has 5 heterocycles. The molecular weight excluding hydrogens is 442 g/mol. The number of aliphatic hydroxyl groups is 1. The molecule has 0 radical (unpaired) electrons. The fraction of sp³-hybridized carbons (Fsp3) is 0.621. The summed E-state index contributed by atoms with van der Waals surface area (Å²) >= 11 is 0. The quantitative estimate of drug-likeness (QED) is 0.471. The summed E-state index contributed by atoms with van der Waals surface area (Å²) in [5.74, 6) is 3.34. The standard InChI is InChI=1S/C29H37NO5/c1-16-7-5-8-20(13-16)24(31)21-9-6-11-29-12-10-19(15-30(21)29)14-22-23(29)17(2)26(34-22)27-25(33-4)18(3)28(32)35-27/h5,8,10,12,14,16-17,19-21,23-24,31H,6-7,9,11,13,15H2,1-4H3/b27-26+/t16-,17+,19+,20+,21+,23+,24+,29-/m1/s1. The highest BCUT2D eigenvalue weighted by molar-refractivity contribution is 5.93. The second kappa shape index (κ2) is 8.38. The van der Waals surface area contributed by atoms with E-state index in [9.17, 15) is 9.90 Å².